The van der Waals surface area contributed by atoms with Crippen LogP contribution in [-0.2, 0) is 9.84 Å². The summed E-state index contributed by atoms with van der Waals surface area (Å²) in [5.74, 6) is -2.95. The second-order valence-corrected chi connectivity index (χ2v) is 7.95. The first-order valence-corrected chi connectivity index (χ1v) is 9.60. The molecule has 3 heterocycles. The number of anilines is 2. The zero-order chi connectivity index (χ0) is 18.9. The van der Waals surface area contributed by atoms with E-state index in [1.165, 1.54) is 41.6 Å². The van der Waals surface area contributed by atoms with E-state index >= 15 is 0 Å². The van der Waals surface area contributed by atoms with Crippen LogP contribution in [0.2, 0.25) is 0 Å². The van der Waals surface area contributed by atoms with Gasteiger partial charge in [-0.25, -0.2) is 27.2 Å². The molecule has 0 bridgehead atoms. The van der Waals surface area contributed by atoms with Gasteiger partial charge in [0.1, 0.15) is 5.82 Å². The Hall–Kier alpha value is -2.62. The van der Waals surface area contributed by atoms with Crippen molar-refractivity contribution in [2.24, 2.45) is 0 Å². The van der Waals surface area contributed by atoms with Crippen molar-refractivity contribution in [3.63, 3.8) is 0 Å². The number of amides is 1. The molecule has 1 fully saturated rings. The standard InChI is InChI=1S/C16H16F2N4O3S/c1-26(24,25)15-12(3-2-7-19-15)21-14(23)11-4-5-13(20-9-11)22-8-6-16(17,18)10-22/h2-5,7,9H,6,8,10H2,1H3,(H,21,23). The number of pyridine rings is 2. The van der Waals surface area contributed by atoms with Crippen LogP contribution in [0.25, 0.3) is 0 Å². The molecule has 10 heteroatoms. The van der Waals surface area contributed by atoms with Crippen LogP contribution in [0, 0.1) is 0 Å². The summed E-state index contributed by atoms with van der Waals surface area (Å²) in [5.41, 5.74) is 0.228. The number of aromatic nitrogens is 2. The van der Waals surface area contributed by atoms with Gasteiger partial charge in [-0.05, 0) is 24.3 Å². The molecule has 2 aromatic rings. The summed E-state index contributed by atoms with van der Waals surface area (Å²) < 4.78 is 50.0. The Kier molecular flexibility index (Phi) is 4.61. The zero-order valence-electron chi connectivity index (χ0n) is 13.8. The summed E-state index contributed by atoms with van der Waals surface area (Å²) in [6.07, 6.45) is 3.34. The van der Waals surface area contributed by atoms with E-state index in [4.69, 9.17) is 0 Å². The minimum atomic E-state index is -3.61. The number of carbonyl (C=O) groups excluding carboxylic acids is 1. The minimum absolute atomic E-state index is 0.0586. The van der Waals surface area contributed by atoms with Crippen molar-refractivity contribution in [1.82, 2.24) is 9.97 Å². The van der Waals surface area contributed by atoms with Gasteiger partial charge in [0.05, 0.1) is 17.8 Å². The molecule has 0 saturated carbocycles. The smallest absolute Gasteiger partial charge is 0.266 e. The molecule has 0 spiro atoms. The van der Waals surface area contributed by atoms with Crippen molar-refractivity contribution in [3.8, 4) is 0 Å². The second kappa shape index (κ2) is 6.60. The predicted molar refractivity (Wildman–Crippen MR) is 91.3 cm³/mol. The molecule has 1 aliphatic heterocycles. The number of nitrogens with one attached hydrogen (secondary N) is 1. The molecular formula is C16H16F2N4O3S. The third kappa shape index (κ3) is 3.96. The summed E-state index contributed by atoms with van der Waals surface area (Å²) in [7, 11) is -3.61. The Morgan fingerprint density at radius 2 is 2.04 bits per heavy atom. The number of rotatable bonds is 4. The average Bonchev–Trinajstić information content (AvgIpc) is 2.94. The minimum Gasteiger partial charge on any atom is -0.350 e. The summed E-state index contributed by atoms with van der Waals surface area (Å²) in [6, 6.07) is 5.86. The molecule has 1 amide bonds. The maximum absolute atomic E-state index is 13.3. The van der Waals surface area contributed by atoms with Gasteiger partial charge < -0.3 is 10.2 Å². The number of hydrogen-bond acceptors (Lipinski definition) is 6. The van der Waals surface area contributed by atoms with E-state index in [0.717, 1.165) is 6.26 Å². The van der Waals surface area contributed by atoms with E-state index in [-0.39, 0.29) is 29.2 Å². The van der Waals surface area contributed by atoms with Crippen LogP contribution in [-0.4, -0.2) is 49.6 Å². The lowest BCUT2D eigenvalue weighted by atomic mass is 10.2. The normalized spacial score (nSPS) is 16.5. The van der Waals surface area contributed by atoms with Crippen molar-refractivity contribution < 1.29 is 22.0 Å². The fourth-order valence-corrected chi connectivity index (χ4v) is 3.39. The highest BCUT2D eigenvalue weighted by atomic mass is 32.2. The molecule has 7 nitrogen and oxygen atoms in total. The summed E-state index contributed by atoms with van der Waals surface area (Å²) in [6.45, 7) is -0.210. The Morgan fingerprint density at radius 1 is 1.27 bits per heavy atom. The predicted octanol–water partition coefficient (Wildman–Crippen LogP) is 1.98. The third-order valence-corrected chi connectivity index (χ3v) is 4.90. The fourth-order valence-electron chi connectivity index (χ4n) is 2.61. The van der Waals surface area contributed by atoms with Crippen LogP contribution in [0.5, 0.6) is 0 Å². The number of nitrogens with zero attached hydrogens (tertiary/aromatic N) is 3. The van der Waals surface area contributed by atoms with Gasteiger partial charge in [-0.3, -0.25) is 4.79 Å². The first-order valence-electron chi connectivity index (χ1n) is 7.71. The zero-order valence-corrected chi connectivity index (χ0v) is 14.6. The summed E-state index contributed by atoms with van der Waals surface area (Å²) in [4.78, 5) is 21.6. The van der Waals surface area contributed by atoms with Crippen molar-refractivity contribution in [2.45, 2.75) is 17.4 Å². The van der Waals surface area contributed by atoms with Gasteiger partial charge >= 0.3 is 0 Å². The van der Waals surface area contributed by atoms with E-state index in [1.54, 1.807) is 0 Å². The molecular weight excluding hydrogens is 366 g/mol. The third-order valence-electron chi connectivity index (χ3n) is 3.87. The Bertz CT molecular complexity index is 933. The molecule has 0 atom stereocenters. The molecule has 2 aromatic heterocycles. The average molecular weight is 382 g/mol. The van der Waals surface area contributed by atoms with Crippen molar-refractivity contribution in [3.05, 3.63) is 42.2 Å². The molecule has 26 heavy (non-hydrogen) atoms. The molecule has 0 aromatic carbocycles. The maximum atomic E-state index is 13.3. The monoisotopic (exact) mass is 382 g/mol. The summed E-state index contributed by atoms with van der Waals surface area (Å²) >= 11 is 0. The quantitative estimate of drug-likeness (QED) is 0.869. The van der Waals surface area contributed by atoms with Crippen molar-refractivity contribution in [1.29, 1.82) is 0 Å². The SMILES string of the molecule is CS(=O)(=O)c1ncccc1NC(=O)c1ccc(N2CCC(F)(F)C2)nc1. The van der Waals surface area contributed by atoms with E-state index in [9.17, 15) is 22.0 Å². The molecule has 0 radical (unpaired) electrons. The number of hydrogen-bond donors (Lipinski definition) is 1. The molecule has 1 aliphatic rings. The van der Waals surface area contributed by atoms with E-state index in [2.05, 4.69) is 15.3 Å². The molecule has 0 unspecified atom stereocenters. The van der Waals surface area contributed by atoms with Crippen LogP contribution in [0.1, 0.15) is 16.8 Å². The van der Waals surface area contributed by atoms with Crippen LogP contribution in [0.15, 0.2) is 41.7 Å². The molecule has 0 aliphatic carbocycles. The van der Waals surface area contributed by atoms with Crippen LogP contribution in [0.3, 0.4) is 0 Å². The highest BCUT2D eigenvalue weighted by Gasteiger charge is 2.38. The van der Waals surface area contributed by atoms with Gasteiger partial charge in [-0.15, -0.1) is 0 Å². The largest absolute Gasteiger partial charge is 0.350 e. The van der Waals surface area contributed by atoms with E-state index in [0.29, 0.717) is 5.82 Å². The number of sulfone groups is 1. The molecule has 3 rings (SSSR count). The van der Waals surface area contributed by atoms with Crippen LogP contribution >= 0.6 is 0 Å². The molecule has 1 N–H and O–H groups in total. The summed E-state index contributed by atoms with van der Waals surface area (Å²) in [5, 5.41) is 2.24. The first kappa shape index (κ1) is 18.2. The highest BCUT2D eigenvalue weighted by Crippen LogP contribution is 2.29. The molecule has 138 valence electrons. The number of carbonyl (C=O) groups is 1. The Morgan fingerprint density at radius 3 is 2.62 bits per heavy atom. The fraction of sp³-hybridized carbons (Fsp3) is 0.312. The Balaban J connectivity index is 1.76. The van der Waals surface area contributed by atoms with E-state index < -0.39 is 28.2 Å². The number of alkyl halides is 2. The lowest BCUT2D eigenvalue weighted by molar-refractivity contribution is 0.0256. The number of halogens is 2. The topological polar surface area (TPSA) is 92.3 Å². The maximum Gasteiger partial charge on any atom is 0.266 e. The lowest BCUT2D eigenvalue weighted by Gasteiger charge is -2.17. The van der Waals surface area contributed by atoms with Gasteiger partial charge in [-0.1, -0.05) is 0 Å². The van der Waals surface area contributed by atoms with Gasteiger partial charge in [0.15, 0.2) is 14.9 Å². The van der Waals surface area contributed by atoms with Gasteiger partial charge in [0, 0.05) is 31.6 Å². The lowest BCUT2D eigenvalue weighted by Crippen LogP contribution is -2.25. The molecule has 1 saturated heterocycles. The van der Waals surface area contributed by atoms with Crippen molar-refractivity contribution in [2.75, 3.05) is 29.6 Å². The Labute approximate surface area is 149 Å². The van der Waals surface area contributed by atoms with E-state index in [1.807, 2.05) is 0 Å². The van der Waals surface area contributed by atoms with Crippen LogP contribution in [0.4, 0.5) is 20.3 Å². The van der Waals surface area contributed by atoms with Gasteiger partial charge in [-0.2, -0.15) is 0 Å². The highest BCUT2D eigenvalue weighted by molar-refractivity contribution is 7.90. The second-order valence-electron chi connectivity index (χ2n) is 6.01. The van der Waals surface area contributed by atoms with Gasteiger partial charge in [0.2, 0.25) is 0 Å². The first-order chi connectivity index (χ1) is 12.2. The van der Waals surface area contributed by atoms with Crippen molar-refractivity contribution >= 4 is 27.2 Å². The van der Waals surface area contributed by atoms with Crippen LogP contribution < -0.4 is 10.2 Å². The van der Waals surface area contributed by atoms with Gasteiger partial charge in [0.25, 0.3) is 11.8 Å².